The number of methoxy groups -OCH3 is 1. The molecule has 3 nitrogen and oxygen atoms in total. The zero-order chi connectivity index (χ0) is 11.3. The van der Waals surface area contributed by atoms with Crippen LogP contribution in [0, 0.1) is 0 Å². The molecule has 0 fully saturated rings. The molecule has 0 saturated carbocycles. The van der Waals surface area contributed by atoms with Gasteiger partial charge in [0.05, 0.1) is 12.1 Å². The van der Waals surface area contributed by atoms with E-state index in [1.54, 1.807) is 14.0 Å². The van der Waals surface area contributed by atoms with Gasteiger partial charge < -0.3 is 15.4 Å². The van der Waals surface area contributed by atoms with Crippen LogP contribution in [0.15, 0.2) is 24.3 Å². The van der Waals surface area contributed by atoms with Crippen LogP contribution in [0.1, 0.15) is 6.92 Å². The van der Waals surface area contributed by atoms with Crippen LogP contribution in [0.25, 0.3) is 0 Å². The number of anilines is 1. The van der Waals surface area contributed by atoms with Crippen LogP contribution >= 0.6 is 24.4 Å². The highest BCUT2D eigenvalue weighted by atomic mass is 32.1. The van der Waals surface area contributed by atoms with Gasteiger partial charge in [0.15, 0.2) is 5.11 Å². The van der Waals surface area contributed by atoms with Gasteiger partial charge in [-0.3, -0.25) is 0 Å². The minimum absolute atomic E-state index is 0.493. The molecule has 0 aliphatic rings. The van der Waals surface area contributed by atoms with Gasteiger partial charge in [-0.2, -0.15) is 0 Å². The summed E-state index contributed by atoms with van der Waals surface area (Å²) >= 11 is 9.90. The average molecular weight is 240 g/mol. The van der Waals surface area contributed by atoms with Crippen LogP contribution in [-0.2, 0) is 0 Å². The molecule has 1 aromatic carbocycles. The SMILES string of the molecule is COc1ccc(NC(=S)NC(C)=S)cc1. The van der Waals surface area contributed by atoms with Crippen molar-refractivity contribution in [2.24, 2.45) is 0 Å². The number of nitrogens with one attached hydrogen (secondary N) is 2. The standard InChI is InChI=1S/C10H12N2OS2/c1-7(14)11-10(15)12-8-3-5-9(13-2)6-4-8/h3-6H,1-2H3,(H2,11,12,14,15). The average Bonchev–Trinajstić information content (AvgIpc) is 2.17. The minimum Gasteiger partial charge on any atom is -0.497 e. The molecule has 0 amide bonds. The maximum atomic E-state index is 5.04. The fourth-order valence-electron chi connectivity index (χ4n) is 0.997. The van der Waals surface area contributed by atoms with Gasteiger partial charge in [-0.25, -0.2) is 0 Å². The van der Waals surface area contributed by atoms with Gasteiger partial charge in [0.25, 0.3) is 0 Å². The zero-order valence-electron chi connectivity index (χ0n) is 8.53. The van der Waals surface area contributed by atoms with E-state index >= 15 is 0 Å². The highest BCUT2D eigenvalue weighted by Crippen LogP contribution is 2.14. The third-order valence-electron chi connectivity index (χ3n) is 1.64. The molecule has 5 heteroatoms. The van der Waals surface area contributed by atoms with E-state index in [4.69, 9.17) is 29.2 Å². The number of ether oxygens (including phenoxy) is 1. The van der Waals surface area contributed by atoms with Gasteiger partial charge in [-0.05, 0) is 43.4 Å². The van der Waals surface area contributed by atoms with Crippen molar-refractivity contribution in [1.82, 2.24) is 5.32 Å². The number of hydrogen-bond acceptors (Lipinski definition) is 3. The van der Waals surface area contributed by atoms with Crippen LogP contribution in [0.3, 0.4) is 0 Å². The van der Waals surface area contributed by atoms with Gasteiger partial charge in [-0.15, -0.1) is 0 Å². The van der Waals surface area contributed by atoms with Gasteiger partial charge in [0.1, 0.15) is 5.75 Å². The Morgan fingerprint density at radius 2 is 1.80 bits per heavy atom. The van der Waals surface area contributed by atoms with Crippen molar-refractivity contribution in [3.8, 4) is 5.75 Å². The third kappa shape index (κ3) is 4.22. The Morgan fingerprint density at radius 1 is 1.20 bits per heavy atom. The summed E-state index contributed by atoms with van der Waals surface area (Å²) in [6.07, 6.45) is 0. The summed E-state index contributed by atoms with van der Waals surface area (Å²) < 4.78 is 5.04. The Kier molecular flexibility index (Phi) is 4.45. The molecule has 0 saturated heterocycles. The lowest BCUT2D eigenvalue weighted by Crippen LogP contribution is -2.31. The fourth-order valence-corrected chi connectivity index (χ4v) is 1.43. The maximum Gasteiger partial charge on any atom is 0.175 e. The topological polar surface area (TPSA) is 33.3 Å². The highest BCUT2D eigenvalue weighted by molar-refractivity contribution is 7.82. The van der Waals surface area contributed by atoms with Crippen LogP contribution in [0.4, 0.5) is 5.69 Å². The van der Waals surface area contributed by atoms with E-state index in [2.05, 4.69) is 10.6 Å². The van der Waals surface area contributed by atoms with Crippen LogP contribution in [-0.4, -0.2) is 17.2 Å². The largest absolute Gasteiger partial charge is 0.497 e. The molecule has 2 N–H and O–H groups in total. The first kappa shape index (κ1) is 11.9. The number of rotatable bonds is 2. The molecule has 0 atom stereocenters. The van der Waals surface area contributed by atoms with Gasteiger partial charge in [0.2, 0.25) is 0 Å². The van der Waals surface area contributed by atoms with Crippen LogP contribution < -0.4 is 15.4 Å². The quantitative estimate of drug-likeness (QED) is 0.775. The van der Waals surface area contributed by atoms with E-state index in [1.165, 1.54) is 0 Å². The highest BCUT2D eigenvalue weighted by Gasteiger charge is 1.97. The van der Waals surface area contributed by atoms with Crippen molar-refractivity contribution < 1.29 is 4.74 Å². The first-order valence-corrected chi connectivity index (χ1v) is 5.16. The zero-order valence-corrected chi connectivity index (χ0v) is 10.2. The number of thiocarbonyl (C=S) groups is 2. The molecule has 0 heterocycles. The van der Waals surface area contributed by atoms with E-state index < -0.39 is 0 Å². The number of hydrogen-bond donors (Lipinski definition) is 2. The van der Waals surface area contributed by atoms with E-state index in [0.717, 1.165) is 11.4 Å². The molecule has 15 heavy (non-hydrogen) atoms. The van der Waals surface area contributed by atoms with Crippen molar-refractivity contribution in [1.29, 1.82) is 0 Å². The lowest BCUT2D eigenvalue weighted by molar-refractivity contribution is 0.415. The molecule has 80 valence electrons. The molecule has 0 aromatic heterocycles. The lowest BCUT2D eigenvalue weighted by atomic mass is 10.3. The molecule has 0 unspecified atom stereocenters. The fraction of sp³-hybridized carbons (Fsp3) is 0.200. The van der Waals surface area contributed by atoms with Crippen molar-refractivity contribution in [3.05, 3.63) is 24.3 Å². The summed E-state index contributed by atoms with van der Waals surface area (Å²) in [5, 5.41) is 6.34. The van der Waals surface area contributed by atoms with Crippen molar-refractivity contribution >= 4 is 40.2 Å². The van der Waals surface area contributed by atoms with Gasteiger partial charge in [0, 0.05) is 5.69 Å². The second kappa shape index (κ2) is 5.63. The Labute approximate surface area is 99.8 Å². The van der Waals surface area contributed by atoms with E-state index in [0.29, 0.717) is 10.1 Å². The van der Waals surface area contributed by atoms with E-state index in [-0.39, 0.29) is 0 Å². The second-order valence-corrected chi connectivity index (χ2v) is 3.88. The Morgan fingerprint density at radius 3 is 2.27 bits per heavy atom. The number of benzene rings is 1. The van der Waals surface area contributed by atoms with Gasteiger partial charge >= 0.3 is 0 Å². The molecular weight excluding hydrogens is 228 g/mol. The summed E-state index contributed by atoms with van der Waals surface area (Å²) in [4.78, 5) is 0.640. The third-order valence-corrected chi connectivity index (χ3v) is 1.94. The summed E-state index contributed by atoms with van der Waals surface area (Å²) in [6.45, 7) is 1.78. The molecule has 0 radical (unpaired) electrons. The molecular formula is C10H12N2OS2. The maximum absolute atomic E-state index is 5.04. The Hall–Kier alpha value is -1.20. The summed E-state index contributed by atoms with van der Waals surface area (Å²) in [5.74, 6) is 0.811. The van der Waals surface area contributed by atoms with Crippen LogP contribution in [0.2, 0.25) is 0 Å². The van der Waals surface area contributed by atoms with E-state index in [1.807, 2.05) is 24.3 Å². The lowest BCUT2D eigenvalue weighted by Gasteiger charge is -2.09. The second-order valence-electron chi connectivity index (χ2n) is 2.86. The molecule has 0 spiro atoms. The summed E-state index contributed by atoms with van der Waals surface area (Å²) in [7, 11) is 1.63. The normalized spacial score (nSPS) is 9.20. The van der Waals surface area contributed by atoms with Crippen molar-refractivity contribution in [2.45, 2.75) is 6.92 Å². The molecule has 0 aliphatic carbocycles. The van der Waals surface area contributed by atoms with Crippen LogP contribution in [0.5, 0.6) is 5.75 Å². The predicted octanol–water partition coefficient (Wildman–Crippen LogP) is 2.33. The predicted molar refractivity (Wildman–Crippen MR) is 70.6 cm³/mol. The minimum atomic E-state index is 0.493. The van der Waals surface area contributed by atoms with Gasteiger partial charge in [-0.1, -0.05) is 12.2 Å². The monoisotopic (exact) mass is 240 g/mol. The van der Waals surface area contributed by atoms with Crippen molar-refractivity contribution in [3.63, 3.8) is 0 Å². The first-order valence-electron chi connectivity index (χ1n) is 4.34. The summed E-state index contributed by atoms with van der Waals surface area (Å²) in [5.41, 5.74) is 0.893. The molecule has 0 bridgehead atoms. The van der Waals surface area contributed by atoms with Crippen molar-refractivity contribution in [2.75, 3.05) is 12.4 Å². The molecule has 0 aliphatic heterocycles. The smallest absolute Gasteiger partial charge is 0.175 e. The molecule has 1 rings (SSSR count). The first-order chi connectivity index (χ1) is 7.11. The molecule has 1 aromatic rings. The summed E-state index contributed by atoms with van der Waals surface area (Å²) in [6, 6.07) is 7.47. The Balaban J connectivity index is 2.57. The Bertz CT molecular complexity index is 362. The van der Waals surface area contributed by atoms with E-state index in [9.17, 15) is 0 Å².